The van der Waals surface area contributed by atoms with E-state index < -0.39 is 0 Å². The van der Waals surface area contributed by atoms with Crippen LogP contribution in [0.2, 0.25) is 0 Å². The van der Waals surface area contributed by atoms with Gasteiger partial charge < -0.3 is 15.2 Å². The molecule has 1 aromatic carbocycles. The van der Waals surface area contributed by atoms with Crippen LogP contribution in [-0.2, 0) is 0 Å². The summed E-state index contributed by atoms with van der Waals surface area (Å²) in [6, 6.07) is 7.94. The summed E-state index contributed by atoms with van der Waals surface area (Å²) < 4.78 is 10.7. The van der Waals surface area contributed by atoms with Crippen LogP contribution in [-0.4, -0.2) is 31.3 Å². The molecule has 0 aliphatic rings. The van der Waals surface area contributed by atoms with Crippen LogP contribution in [0.5, 0.6) is 11.5 Å². The largest absolute Gasteiger partial charge is 0.497 e. The smallest absolute Gasteiger partial charge is 0.119 e. The van der Waals surface area contributed by atoms with E-state index in [-0.39, 0.29) is 0 Å². The van der Waals surface area contributed by atoms with Crippen molar-refractivity contribution in [3.63, 3.8) is 0 Å². The molecule has 1 aromatic rings. The first-order valence-corrected chi connectivity index (χ1v) is 6.98. The van der Waals surface area contributed by atoms with Gasteiger partial charge in [-0.2, -0.15) is 11.8 Å². The number of rotatable bonds is 8. The van der Waals surface area contributed by atoms with Gasteiger partial charge in [0, 0.05) is 11.8 Å². The monoisotopic (exact) mass is 255 g/mol. The number of hydrogen-bond acceptors (Lipinski definition) is 4. The van der Waals surface area contributed by atoms with Crippen molar-refractivity contribution in [3.8, 4) is 11.5 Å². The molecular weight excluding hydrogens is 234 g/mol. The van der Waals surface area contributed by atoms with Crippen molar-refractivity contribution < 1.29 is 9.47 Å². The summed E-state index contributed by atoms with van der Waals surface area (Å²) in [5.41, 5.74) is 5.67. The maximum absolute atomic E-state index is 5.67. The molecule has 96 valence electrons. The van der Waals surface area contributed by atoms with Crippen LogP contribution in [0.25, 0.3) is 0 Å². The fraction of sp³-hybridized carbons (Fsp3) is 0.538. The number of ether oxygens (including phenoxy) is 2. The zero-order chi connectivity index (χ0) is 12.5. The SMILES string of the molecule is COc1ccc(OCCSCCC(C)N)cc1. The molecule has 0 saturated carbocycles. The van der Waals surface area contributed by atoms with Crippen molar-refractivity contribution in [2.24, 2.45) is 5.73 Å². The molecule has 0 bridgehead atoms. The van der Waals surface area contributed by atoms with Gasteiger partial charge in [-0.25, -0.2) is 0 Å². The van der Waals surface area contributed by atoms with Gasteiger partial charge in [0.15, 0.2) is 0 Å². The van der Waals surface area contributed by atoms with Crippen molar-refractivity contribution in [2.75, 3.05) is 25.2 Å². The third-order valence-electron chi connectivity index (χ3n) is 2.27. The van der Waals surface area contributed by atoms with Crippen LogP contribution in [0.15, 0.2) is 24.3 Å². The second-order valence-electron chi connectivity index (χ2n) is 3.90. The van der Waals surface area contributed by atoms with Crippen LogP contribution >= 0.6 is 11.8 Å². The lowest BCUT2D eigenvalue weighted by molar-refractivity contribution is 0.342. The Balaban J connectivity index is 2.09. The lowest BCUT2D eigenvalue weighted by atomic mass is 10.3. The second-order valence-corrected chi connectivity index (χ2v) is 5.13. The lowest BCUT2D eigenvalue weighted by Crippen LogP contribution is -2.15. The van der Waals surface area contributed by atoms with Crippen molar-refractivity contribution in [3.05, 3.63) is 24.3 Å². The first-order valence-electron chi connectivity index (χ1n) is 5.82. The minimum absolute atomic E-state index is 0.296. The van der Waals surface area contributed by atoms with Gasteiger partial charge in [-0.3, -0.25) is 0 Å². The molecule has 1 rings (SSSR count). The van der Waals surface area contributed by atoms with Gasteiger partial charge in [0.2, 0.25) is 0 Å². The molecule has 0 fully saturated rings. The average molecular weight is 255 g/mol. The lowest BCUT2D eigenvalue weighted by Gasteiger charge is -2.07. The van der Waals surface area contributed by atoms with E-state index in [0.29, 0.717) is 6.04 Å². The van der Waals surface area contributed by atoms with E-state index in [9.17, 15) is 0 Å². The maximum atomic E-state index is 5.67. The highest BCUT2D eigenvalue weighted by atomic mass is 32.2. The van der Waals surface area contributed by atoms with Gasteiger partial charge >= 0.3 is 0 Å². The number of methoxy groups -OCH3 is 1. The Kier molecular flexibility index (Phi) is 6.89. The molecule has 4 heteroatoms. The van der Waals surface area contributed by atoms with Gasteiger partial charge in [-0.1, -0.05) is 0 Å². The highest BCUT2D eigenvalue weighted by Crippen LogP contribution is 2.17. The second kappa shape index (κ2) is 8.25. The summed E-state index contributed by atoms with van der Waals surface area (Å²) in [5.74, 6) is 3.84. The summed E-state index contributed by atoms with van der Waals surface area (Å²) in [7, 11) is 1.66. The molecule has 0 aliphatic heterocycles. The summed E-state index contributed by atoms with van der Waals surface area (Å²) in [6.45, 7) is 2.77. The van der Waals surface area contributed by atoms with E-state index in [1.807, 2.05) is 43.0 Å². The Morgan fingerprint density at radius 2 is 1.82 bits per heavy atom. The van der Waals surface area contributed by atoms with Crippen molar-refractivity contribution in [1.82, 2.24) is 0 Å². The fourth-order valence-electron chi connectivity index (χ4n) is 1.26. The topological polar surface area (TPSA) is 44.5 Å². The zero-order valence-electron chi connectivity index (χ0n) is 10.5. The number of benzene rings is 1. The van der Waals surface area contributed by atoms with E-state index in [0.717, 1.165) is 36.0 Å². The fourth-order valence-corrected chi connectivity index (χ4v) is 2.21. The number of thioether (sulfide) groups is 1. The molecule has 0 saturated heterocycles. The molecule has 1 atom stereocenters. The molecule has 0 aliphatic carbocycles. The van der Waals surface area contributed by atoms with E-state index in [2.05, 4.69) is 0 Å². The summed E-state index contributed by atoms with van der Waals surface area (Å²) >= 11 is 1.88. The molecule has 0 aromatic heterocycles. The molecule has 17 heavy (non-hydrogen) atoms. The third-order valence-corrected chi connectivity index (χ3v) is 3.25. The molecule has 3 nitrogen and oxygen atoms in total. The molecule has 2 N–H and O–H groups in total. The van der Waals surface area contributed by atoms with E-state index in [1.54, 1.807) is 7.11 Å². The molecular formula is C13H21NO2S. The zero-order valence-corrected chi connectivity index (χ0v) is 11.3. The first kappa shape index (κ1) is 14.2. The molecule has 1 unspecified atom stereocenters. The van der Waals surface area contributed by atoms with E-state index in [1.165, 1.54) is 0 Å². The summed E-state index contributed by atoms with van der Waals surface area (Å²) in [6.07, 6.45) is 1.06. The van der Waals surface area contributed by atoms with Crippen LogP contribution in [0.3, 0.4) is 0 Å². The van der Waals surface area contributed by atoms with Crippen LogP contribution < -0.4 is 15.2 Å². The predicted molar refractivity (Wildman–Crippen MR) is 74.1 cm³/mol. The normalized spacial score (nSPS) is 12.2. The Bertz CT molecular complexity index is 301. The number of hydrogen-bond donors (Lipinski definition) is 1. The maximum Gasteiger partial charge on any atom is 0.119 e. The third kappa shape index (κ3) is 6.44. The van der Waals surface area contributed by atoms with Gasteiger partial charge in [0.25, 0.3) is 0 Å². The van der Waals surface area contributed by atoms with Crippen molar-refractivity contribution in [1.29, 1.82) is 0 Å². The summed E-state index contributed by atoms with van der Waals surface area (Å²) in [4.78, 5) is 0. The Hall–Kier alpha value is -0.870. The molecule has 0 spiro atoms. The predicted octanol–water partition coefficient (Wildman–Crippen LogP) is 2.54. The molecule has 0 radical (unpaired) electrons. The molecule has 0 heterocycles. The van der Waals surface area contributed by atoms with Crippen molar-refractivity contribution >= 4 is 11.8 Å². The minimum Gasteiger partial charge on any atom is -0.497 e. The van der Waals surface area contributed by atoms with Gasteiger partial charge in [-0.05, 0) is 43.4 Å². The van der Waals surface area contributed by atoms with E-state index in [4.69, 9.17) is 15.2 Å². The van der Waals surface area contributed by atoms with Crippen molar-refractivity contribution in [2.45, 2.75) is 19.4 Å². The Labute approximate surface area is 108 Å². The average Bonchev–Trinajstić information content (AvgIpc) is 2.34. The van der Waals surface area contributed by atoms with Gasteiger partial charge in [-0.15, -0.1) is 0 Å². The quantitative estimate of drug-likeness (QED) is 0.725. The highest BCUT2D eigenvalue weighted by molar-refractivity contribution is 7.99. The standard InChI is InChI=1S/C13H21NO2S/c1-11(14)7-9-17-10-8-16-13-5-3-12(15-2)4-6-13/h3-6,11H,7-10,14H2,1-2H3. The number of nitrogens with two attached hydrogens (primary N) is 1. The van der Waals surface area contributed by atoms with Crippen LogP contribution in [0, 0.1) is 0 Å². The van der Waals surface area contributed by atoms with Gasteiger partial charge in [0.05, 0.1) is 13.7 Å². The summed E-state index contributed by atoms with van der Waals surface area (Å²) in [5, 5.41) is 0. The molecule has 0 amide bonds. The van der Waals surface area contributed by atoms with E-state index >= 15 is 0 Å². The Morgan fingerprint density at radius 3 is 2.41 bits per heavy atom. The highest BCUT2D eigenvalue weighted by Gasteiger charge is 1.97. The Morgan fingerprint density at radius 1 is 1.18 bits per heavy atom. The van der Waals surface area contributed by atoms with Crippen LogP contribution in [0.1, 0.15) is 13.3 Å². The van der Waals surface area contributed by atoms with Crippen LogP contribution in [0.4, 0.5) is 0 Å². The first-order chi connectivity index (χ1) is 8.22. The van der Waals surface area contributed by atoms with Gasteiger partial charge in [0.1, 0.15) is 11.5 Å². The minimum atomic E-state index is 0.296.